The van der Waals surface area contributed by atoms with Gasteiger partial charge in [0.05, 0.1) is 9.59 Å². The van der Waals surface area contributed by atoms with Crippen LogP contribution in [0, 0.1) is 0 Å². The first-order chi connectivity index (χ1) is 9.89. The van der Waals surface area contributed by atoms with E-state index in [1.807, 2.05) is 6.92 Å². The Bertz CT molecular complexity index is 696. The summed E-state index contributed by atoms with van der Waals surface area (Å²) in [4.78, 5) is 13.5. The van der Waals surface area contributed by atoms with Gasteiger partial charge in [0.2, 0.25) is 5.91 Å². The third kappa shape index (κ3) is 3.50. The SMILES string of the molecule is C=CCN1C(=O)[C@@H](CC)SC1=NS(=O)(=O)c1ccc(Cl)s1. The highest BCUT2D eigenvalue weighted by atomic mass is 35.5. The predicted octanol–water partition coefficient (Wildman–Crippen LogP) is 2.99. The van der Waals surface area contributed by atoms with Crippen molar-refractivity contribution in [2.45, 2.75) is 22.8 Å². The maximum absolute atomic E-state index is 12.2. The molecule has 9 heteroatoms. The number of amidine groups is 1. The van der Waals surface area contributed by atoms with Crippen molar-refractivity contribution in [3.05, 3.63) is 29.1 Å². The van der Waals surface area contributed by atoms with Gasteiger partial charge in [-0.1, -0.05) is 36.4 Å². The summed E-state index contributed by atoms with van der Waals surface area (Å²) in [7, 11) is -3.86. The minimum atomic E-state index is -3.86. The fourth-order valence-corrected chi connectivity index (χ4v) is 5.48. The molecule has 2 rings (SSSR count). The Morgan fingerprint density at radius 2 is 2.24 bits per heavy atom. The predicted molar refractivity (Wildman–Crippen MR) is 87.5 cm³/mol. The molecule has 21 heavy (non-hydrogen) atoms. The number of carbonyl (C=O) groups excluding carboxylic acids is 1. The quantitative estimate of drug-likeness (QED) is 0.753. The van der Waals surface area contributed by atoms with Crippen LogP contribution >= 0.6 is 34.7 Å². The van der Waals surface area contributed by atoms with Crippen LogP contribution in [-0.4, -0.2) is 36.2 Å². The van der Waals surface area contributed by atoms with E-state index in [0.29, 0.717) is 10.8 Å². The van der Waals surface area contributed by atoms with Crippen LogP contribution in [0.4, 0.5) is 0 Å². The molecule has 1 fully saturated rings. The summed E-state index contributed by atoms with van der Waals surface area (Å²) < 4.78 is 28.7. The van der Waals surface area contributed by atoms with Gasteiger partial charge in [0.25, 0.3) is 10.0 Å². The lowest BCUT2D eigenvalue weighted by Crippen LogP contribution is -2.32. The molecule has 1 aromatic rings. The van der Waals surface area contributed by atoms with Crippen LogP contribution in [0.3, 0.4) is 0 Å². The molecule has 0 aliphatic carbocycles. The molecule has 0 aromatic carbocycles. The standard InChI is InChI=1S/C12H13ClN2O3S3/c1-3-7-15-11(16)8(4-2)19-12(15)14-21(17,18)10-6-5-9(13)20-10/h3,5-6,8H,1,4,7H2,2H3/t8-/m1/s1. The smallest absolute Gasteiger partial charge is 0.286 e. The molecular weight excluding hydrogens is 352 g/mol. The van der Waals surface area contributed by atoms with Gasteiger partial charge in [-0.2, -0.15) is 8.42 Å². The molecule has 114 valence electrons. The minimum absolute atomic E-state index is 0.0616. The maximum Gasteiger partial charge on any atom is 0.294 e. The lowest BCUT2D eigenvalue weighted by Gasteiger charge is -2.13. The Labute approximate surface area is 136 Å². The van der Waals surface area contributed by atoms with Gasteiger partial charge in [-0.3, -0.25) is 9.69 Å². The van der Waals surface area contributed by atoms with Gasteiger partial charge < -0.3 is 0 Å². The number of nitrogens with zero attached hydrogens (tertiary/aromatic N) is 2. The fourth-order valence-electron chi connectivity index (χ4n) is 1.72. The van der Waals surface area contributed by atoms with Gasteiger partial charge in [-0.15, -0.1) is 22.3 Å². The zero-order valence-corrected chi connectivity index (χ0v) is 14.4. The molecule has 0 spiro atoms. The van der Waals surface area contributed by atoms with Gasteiger partial charge in [-0.25, -0.2) is 0 Å². The Balaban J connectivity index is 2.38. The molecule has 0 bridgehead atoms. The summed E-state index contributed by atoms with van der Waals surface area (Å²) >= 11 is 7.86. The number of sulfonamides is 1. The number of hydrogen-bond acceptors (Lipinski definition) is 5. The fraction of sp³-hybridized carbons (Fsp3) is 0.333. The number of amides is 1. The van der Waals surface area contributed by atoms with E-state index < -0.39 is 10.0 Å². The van der Waals surface area contributed by atoms with E-state index in [4.69, 9.17) is 11.6 Å². The van der Waals surface area contributed by atoms with Gasteiger partial charge in [0, 0.05) is 6.54 Å². The summed E-state index contributed by atoms with van der Waals surface area (Å²) in [5, 5.41) is -0.109. The van der Waals surface area contributed by atoms with Crippen LogP contribution in [0.5, 0.6) is 0 Å². The van der Waals surface area contributed by atoms with Gasteiger partial charge in [0.15, 0.2) is 5.17 Å². The average molecular weight is 365 g/mol. The Kier molecular flexibility index (Phi) is 5.13. The van der Waals surface area contributed by atoms with E-state index in [1.165, 1.54) is 28.8 Å². The molecular formula is C12H13ClN2O3S3. The molecule has 0 saturated carbocycles. The van der Waals surface area contributed by atoms with Crippen molar-refractivity contribution in [3.8, 4) is 0 Å². The molecule has 0 unspecified atom stereocenters. The van der Waals surface area contributed by atoms with Crippen LogP contribution in [0.15, 0.2) is 33.4 Å². The van der Waals surface area contributed by atoms with Gasteiger partial charge >= 0.3 is 0 Å². The Morgan fingerprint density at radius 1 is 1.52 bits per heavy atom. The zero-order valence-electron chi connectivity index (χ0n) is 11.2. The second-order valence-electron chi connectivity index (χ2n) is 4.16. The summed E-state index contributed by atoms with van der Waals surface area (Å²) in [5.41, 5.74) is 0. The van der Waals surface area contributed by atoms with Crippen LogP contribution in [-0.2, 0) is 14.8 Å². The molecule has 0 N–H and O–H groups in total. The molecule has 0 radical (unpaired) electrons. The number of hydrogen-bond donors (Lipinski definition) is 0. The number of carbonyl (C=O) groups is 1. The van der Waals surface area contributed by atoms with Gasteiger partial charge in [0.1, 0.15) is 4.21 Å². The first-order valence-corrected chi connectivity index (χ1v) is 9.59. The largest absolute Gasteiger partial charge is 0.294 e. The third-order valence-corrected chi connectivity index (χ3v) is 7.13. The second-order valence-corrected chi connectivity index (χ2v) is 8.88. The summed E-state index contributed by atoms with van der Waals surface area (Å²) in [6.45, 7) is 5.69. The molecule has 1 aromatic heterocycles. The highest BCUT2D eigenvalue weighted by Crippen LogP contribution is 2.32. The first kappa shape index (κ1) is 16.5. The van der Waals surface area contributed by atoms with Crippen molar-refractivity contribution in [1.29, 1.82) is 0 Å². The van der Waals surface area contributed by atoms with Crippen LogP contribution < -0.4 is 0 Å². The van der Waals surface area contributed by atoms with Crippen LogP contribution in [0.1, 0.15) is 13.3 Å². The maximum atomic E-state index is 12.2. The third-order valence-electron chi connectivity index (χ3n) is 2.70. The molecule has 1 atom stereocenters. The second kappa shape index (κ2) is 6.51. The van der Waals surface area contributed by atoms with Crippen molar-refractivity contribution in [2.24, 2.45) is 4.40 Å². The van der Waals surface area contributed by atoms with Crippen molar-refractivity contribution < 1.29 is 13.2 Å². The number of thioether (sulfide) groups is 1. The number of thiophene rings is 1. The van der Waals surface area contributed by atoms with E-state index >= 15 is 0 Å². The lowest BCUT2D eigenvalue weighted by atomic mass is 10.3. The van der Waals surface area contributed by atoms with E-state index in [-0.39, 0.29) is 27.1 Å². The highest BCUT2D eigenvalue weighted by Gasteiger charge is 2.37. The molecule has 5 nitrogen and oxygen atoms in total. The van der Waals surface area contributed by atoms with E-state index in [0.717, 1.165) is 11.3 Å². The van der Waals surface area contributed by atoms with Crippen LogP contribution in [0.2, 0.25) is 4.34 Å². The van der Waals surface area contributed by atoms with Crippen molar-refractivity contribution in [2.75, 3.05) is 6.54 Å². The number of rotatable bonds is 5. The Morgan fingerprint density at radius 3 is 2.76 bits per heavy atom. The van der Waals surface area contributed by atoms with E-state index in [9.17, 15) is 13.2 Å². The highest BCUT2D eigenvalue weighted by molar-refractivity contribution is 8.16. The van der Waals surface area contributed by atoms with Gasteiger partial charge in [-0.05, 0) is 18.6 Å². The lowest BCUT2D eigenvalue weighted by molar-refractivity contribution is -0.125. The van der Waals surface area contributed by atoms with Crippen molar-refractivity contribution in [3.63, 3.8) is 0 Å². The monoisotopic (exact) mass is 364 g/mol. The number of halogens is 1. The molecule has 1 saturated heterocycles. The molecule has 2 heterocycles. The average Bonchev–Trinajstić information content (AvgIpc) is 2.97. The normalized spacial score (nSPS) is 21.2. The Hall–Kier alpha value is -0.830. The van der Waals surface area contributed by atoms with E-state index in [1.54, 1.807) is 6.08 Å². The van der Waals surface area contributed by atoms with Crippen LogP contribution in [0.25, 0.3) is 0 Å². The zero-order chi connectivity index (χ0) is 15.6. The topological polar surface area (TPSA) is 66.8 Å². The van der Waals surface area contributed by atoms with Crippen molar-refractivity contribution >= 4 is 55.8 Å². The first-order valence-electron chi connectivity index (χ1n) is 6.08. The molecule has 1 aliphatic rings. The summed E-state index contributed by atoms with van der Waals surface area (Å²) in [6, 6.07) is 2.91. The minimum Gasteiger partial charge on any atom is -0.286 e. The van der Waals surface area contributed by atoms with E-state index in [2.05, 4.69) is 11.0 Å². The summed E-state index contributed by atoms with van der Waals surface area (Å²) in [5.74, 6) is -0.138. The van der Waals surface area contributed by atoms with Crippen molar-refractivity contribution in [1.82, 2.24) is 4.90 Å². The molecule has 1 amide bonds. The molecule has 1 aliphatic heterocycles. The summed E-state index contributed by atoms with van der Waals surface area (Å²) in [6.07, 6.45) is 2.15.